The summed E-state index contributed by atoms with van der Waals surface area (Å²) in [5.74, 6) is -0.120. The fraction of sp³-hybridized carbons (Fsp3) is 0.231. The molecule has 170 valence electrons. The van der Waals surface area contributed by atoms with E-state index in [1.165, 1.54) is 6.07 Å². The number of carbonyl (C=O) groups excluding carboxylic acids is 1. The Morgan fingerprint density at radius 2 is 1.94 bits per heavy atom. The number of hydrogen-bond acceptors (Lipinski definition) is 5. The van der Waals surface area contributed by atoms with Crippen molar-refractivity contribution >= 4 is 16.8 Å². The molecular weight excluding hydrogens is 420 g/mol. The largest absolute Gasteiger partial charge is 0.507 e. The van der Waals surface area contributed by atoms with Gasteiger partial charge in [-0.2, -0.15) is 0 Å². The number of benzene rings is 2. The van der Waals surface area contributed by atoms with E-state index in [2.05, 4.69) is 10.3 Å². The SMILES string of the molecule is COc1ccc([C@H](CC(=O)NCCc2c[nH]c3ccccc23)c2c(O)cc(C)oc2=O)cc1. The van der Waals surface area contributed by atoms with Gasteiger partial charge in [-0.25, -0.2) is 4.79 Å². The number of H-pyrrole nitrogens is 1. The molecular formula is C26H26N2O5. The summed E-state index contributed by atoms with van der Waals surface area (Å²) in [5, 5.41) is 14.6. The molecule has 0 fully saturated rings. The van der Waals surface area contributed by atoms with Gasteiger partial charge in [-0.3, -0.25) is 4.79 Å². The fourth-order valence-electron chi connectivity index (χ4n) is 4.08. The molecule has 1 amide bonds. The van der Waals surface area contributed by atoms with E-state index >= 15 is 0 Å². The minimum absolute atomic E-state index is 0.0123. The van der Waals surface area contributed by atoms with E-state index in [1.807, 2.05) is 30.5 Å². The Hall–Kier alpha value is -4.00. The van der Waals surface area contributed by atoms with Gasteiger partial charge in [0.05, 0.1) is 12.7 Å². The quantitative estimate of drug-likeness (QED) is 0.379. The van der Waals surface area contributed by atoms with Gasteiger partial charge >= 0.3 is 5.63 Å². The van der Waals surface area contributed by atoms with Crippen LogP contribution >= 0.6 is 0 Å². The van der Waals surface area contributed by atoms with Crippen LogP contribution in [0.1, 0.15) is 34.8 Å². The summed E-state index contributed by atoms with van der Waals surface area (Å²) < 4.78 is 10.4. The molecule has 4 rings (SSSR count). The first kappa shape index (κ1) is 22.2. The van der Waals surface area contributed by atoms with Gasteiger partial charge in [0.25, 0.3) is 0 Å². The van der Waals surface area contributed by atoms with Crippen LogP contribution in [0.25, 0.3) is 10.9 Å². The third kappa shape index (κ3) is 4.92. The van der Waals surface area contributed by atoms with Crippen LogP contribution in [-0.4, -0.2) is 29.7 Å². The number of aromatic nitrogens is 1. The lowest BCUT2D eigenvalue weighted by molar-refractivity contribution is -0.121. The highest BCUT2D eigenvalue weighted by atomic mass is 16.5. The highest BCUT2D eigenvalue weighted by molar-refractivity contribution is 5.83. The standard InChI is InChI=1S/C26H26N2O5/c1-16-13-23(29)25(26(31)33-16)21(17-7-9-19(32-2)10-8-17)14-24(30)27-12-11-18-15-28-22-6-4-3-5-20(18)22/h3-10,13,15,21,28-29H,11-12,14H2,1-2H3,(H,27,30)/t21-/m0/s1. The smallest absolute Gasteiger partial charge is 0.343 e. The number of carbonyl (C=O) groups is 1. The van der Waals surface area contributed by atoms with Crippen LogP contribution in [0.4, 0.5) is 0 Å². The molecule has 0 aliphatic carbocycles. The predicted molar refractivity (Wildman–Crippen MR) is 126 cm³/mol. The first-order valence-corrected chi connectivity index (χ1v) is 10.8. The zero-order valence-corrected chi connectivity index (χ0v) is 18.6. The maximum atomic E-state index is 12.8. The van der Waals surface area contributed by atoms with E-state index < -0.39 is 11.5 Å². The van der Waals surface area contributed by atoms with Crippen LogP contribution in [0, 0.1) is 6.92 Å². The Morgan fingerprint density at radius 3 is 2.67 bits per heavy atom. The summed E-state index contributed by atoms with van der Waals surface area (Å²) in [6.45, 7) is 2.04. The third-order valence-electron chi connectivity index (χ3n) is 5.74. The minimum atomic E-state index is -0.666. The van der Waals surface area contributed by atoms with Gasteiger partial charge < -0.3 is 24.6 Å². The van der Waals surface area contributed by atoms with E-state index in [1.54, 1.807) is 38.3 Å². The number of aromatic amines is 1. The lowest BCUT2D eigenvalue weighted by atomic mass is 9.88. The van der Waals surface area contributed by atoms with Crippen LogP contribution in [0.5, 0.6) is 11.5 Å². The van der Waals surface area contributed by atoms with Gasteiger partial charge in [-0.05, 0) is 42.7 Å². The molecule has 7 heteroatoms. The van der Waals surface area contributed by atoms with Crippen LogP contribution < -0.4 is 15.7 Å². The second kappa shape index (κ2) is 9.65. The molecule has 33 heavy (non-hydrogen) atoms. The number of amides is 1. The number of hydrogen-bond donors (Lipinski definition) is 3. The van der Waals surface area contributed by atoms with Crippen molar-refractivity contribution in [3.8, 4) is 11.5 Å². The number of nitrogens with one attached hydrogen (secondary N) is 2. The first-order valence-electron chi connectivity index (χ1n) is 10.8. The van der Waals surface area contributed by atoms with Crippen molar-refractivity contribution in [2.75, 3.05) is 13.7 Å². The molecule has 0 bridgehead atoms. The van der Waals surface area contributed by atoms with Crippen molar-refractivity contribution in [3.05, 3.63) is 93.7 Å². The molecule has 0 saturated carbocycles. The molecule has 0 radical (unpaired) electrons. The van der Waals surface area contributed by atoms with Crippen molar-refractivity contribution in [3.63, 3.8) is 0 Å². The Labute approximate surface area is 191 Å². The average Bonchev–Trinajstić information content (AvgIpc) is 3.21. The Bertz CT molecular complexity index is 1320. The number of aromatic hydroxyl groups is 1. The third-order valence-corrected chi connectivity index (χ3v) is 5.74. The second-order valence-corrected chi connectivity index (χ2v) is 7.93. The Morgan fingerprint density at radius 1 is 1.18 bits per heavy atom. The molecule has 0 saturated heterocycles. The van der Waals surface area contributed by atoms with Gasteiger partial charge in [0, 0.05) is 42.0 Å². The van der Waals surface area contributed by atoms with Crippen LogP contribution in [0.3, 0.4) is 0 Å². The molecule has 0 spiro atoms. The average molecular weight is 447 g/mol. The number of para-hydroxylation sites is 1. The van der Waals surface area contributed by atoms with E-state index in [-0.39, 0.29) is 23.6 Å². The van der Waals surface area contributed by atoms with E-state index in [0.717, 1.165) is 16.5 Å². The van der Waals surface area contributed by atoms with Gasteiger partial charge in [0.1, 0.15) is 17.3 Å². The summed E-state index contributed by atoms with van der Waals surface area (Å²) >= 11 is 0. The molecule has 3 N–H and O–H groups in total. The number of fused-ring (bicyclic) bond motifs is 1. The molecule has 2 aromatic heterocycles. The molecule has 0 unspecified atom stereocenters. The molecule has 0 aliphatic heterocycles. The number of rotatable bonds is 8. The maximum absolute atomic E-state index is 12.8. The van der Waals surface area contributed by atoms with Crippen molar-refractivity contribution in [2.45, 2.75) is 25.7 Å². The fourth-order valence-corrected chi connectivity index (χ4v) is 4.08. The van der Waals surface area contributed by atoms with Gasteiger partial charge in [-0.15, -0.1) is 0 Å². The van der Waals surface area contributed by atoms with Gasteiger partial charge in [0.15, 0.2) is 0 Å². The second-order valence-electron chi connectivity index (χ2n) is 7.93. The monoisotopic (exact) mass is 446 g/mol. The summed E-state index contributed by atoms with van der Waals surface area (Å²) in [5.41, 5.74) is 2.29. The molecule has 0 aliphatic rings. The van der Waals surface area contributed by atoms with E-state index in [9.17, 15) is 14.7 Å². The molecule has 7 nitrogen and oxygen atoms in total. The highest BCUT2D eigenvalue weighted by Gasteiger charge is 2.25. The van der Waals surface area contributed by atoms with E-state index in [0.29, 0.717) is 30.0 Å². The number of ether oxygens (including phenoxy) is 1. The Kier molecular flexibility index (Phi) is 6.49. The lowest BCUT2D eigenvalue weighted by Crippen LogP contribution is -2.28. The number of methoxy groups -OCH3 is 1. The maximum Gasteiger partial charge on any atom is 0.343 e. The van der Waals surface area contributed by atoms with Crippen LogP contribution in [0.2, 0.25) is 0 Å². The lowest BCUT2D eigenvalue weighted by Gasteiger charge is -2.18. The highest BCUT2D eigenvalue weighted by Crippen LogP contribution is 2.33. The van der Waals surface area contributed by atoms with Gasteiger partial charge in [-0.1, -0.05) is 30.3 Å². The first-order chi connectivity index (χ1) is 16.0. The van der Waals surface area contributed by atoms with Crippen LogP contribution in [-0.2, 0) is 11.2 Å². The molecule has 1 atom stereocenters. The molecule has 2 aromatic carbocycles. The van der Waals surface area contributed by atoms with Crippen molar-refractivity contribution in [1.29, 1.82) is 0 Å². The predicted octanol–water partition coefficient (Wildman–Crippen LogP) is 4.02. The van der Waals surface area contributed by atoms with Crippen molar-refractivity contribution < 1.29 is 19.1 Å². The summed E-state index contributed by atoms with van der Waals surface area (Å²) in [7, 11) is 1.56. The molecule has 2 heterocycles. The van der Waals surface area contributed by atoms with Gasteiger partial charge in [0.2, 0.25) is 5.91 Å². The van der Waals surface area contributed by atoms with E-state index in [4.69, 9.17) is 9.15 Å². The van der Waals surface area contributed by atoms with Crippen molar-refractivity contribution in [2.24, 2.45) is 0 Å². The number of aryl methyl sites for hydroxylation is 1. The minimum Gasteiger partial charge on any atom is -0.507 e. The summed E-state index contributed by atoms with van der Waals surface area (Å²) in [6, 6.07) is 16.5. The zero-order chi connectivity index (χ0) is 23.4. The van der Waals surface area contributed by atoms with Crippen molar-refractivity contribution in [1.82, 2.24) is 10.3 Å². The molecule has 4 aromatic rings. The Balaban J connectivity index is 1.52. The van der Waals surface area contributed by atoms with Crippen LogP contribution in [0.15, 0.2) is 70.0 Å². The summed E-state index contributed by atoms with van der Waals surface area (Å²) in [6.07, 6.45) is 2.61. The topological polar surface area (TPSA) is 105 Å². The normalized spacial score (nSPS) is 11.9. The summed E-state index contributed by atoms with van der Waals surface area (Å²) in [4.78, 5) is 28.7. The zero-order valence-electron chi connectivity index (χ0n) is 18.6.